The van der Waals surface area contributed by atoms with Crippen LogP contribution in [0.3, 0.4) is 0 Å². The second-order valence-corrected chi connectivity index (χ2v) is 1.77. The highest BCUT2D eigenvalue weighted by Crippen LogP contribution is 2.00. The van der Waals surface area contributed by atoms with Gasteiger partial charge in [-0.3, -0.25) is 0 Å². The second-order valence-electron chi connectivity index (χ2n) is 1.77. The van der Waals surface area contributed by atoms with Crippen LogP contribution in [0.4, 0.5) is 0 Å². The molecule has 0 aliphatic heterocycles. The number of methoxy groups -OCH3 is 3. The summed E-state index contributed by atoms with van der Waals surface area (Å²) in [5.41, 5.74) is 0. The standard InChI is InChI=1S/C7H14O3/c1-8-5-4-7(10-3)6-9-2/h6H,4-5H2,1-3H3. The minimum Gasteiger partial charge on any atom is -0.501 e. The highest BCUT2D eigenvalue weighted by atomic mass is 16.5. The Morgan fingerprint density at radius 3 is 2.40 bits per heavy atom. The molecule has 0 N–H and O–H groups in total. The monoisotopic (exact) mass is 146 g/mol. The van der Waals surface area contributed by atoms with Gasteiger partial charge in [0.15, 0.2) is 0 Å². The van der Waals surface area contributed by atoms with Gasteiger partial charge in [0.25, 0.3) is 0 Å². The summed E-state index contributed by atoms with van der Waals surface area (Å²) in [6.45, 7) is 0.656. The lowest BCUT2D eigenvalue weighted by atomic mass is 10.4. The van der Waals surface area contributed by atoms with Crippen LogP contribution in [0, 0.1) is 0 Å². The van der Waals surface area contributed by atoms with Crippen molar-refractivity contribution in [3.63, 3.8) is 0 Å². The van der Waals surface area contributed by atoms with Crippen molar-refractivity contribution in [2.45, 2.75) is 6.42 Å². The Balaban J connectivity index is 3.49. The molecule has 0 saturated heterocycles. The van der Waals surface area contributed by atoms with Crippen molar-refractivity contribution in [2.75, 3.05) is 27.9 Å². The number of ether oxygens (including phenoxy) is 3. The van der Waals surface area contributed by atoms with Gasteiger partial charge in [-0.1, -0.05) is 0 Å². The maximum absolute atomic E-state index is 4.95. The summed E-state index contributed by atoms with van der Waals surface area (Å²) < 4.78 is 14.5. The maximum Gasteiger partial charge on any atom is 0.132 e. The molecule has 0 aromatic heterocycles. The SMILES string of the molecule is COC=C(CCOC)OC. The van der Waals surface area contributed by atoms with Gasteiger partial charge < -0.3 is 14.2 Å². The fourth-order valence-corrected chi connectivity index (χ4v) is 0.543. The van der Waals surface area contributed by atoms with Gasteiger partial charge in [0.1, 0.15) is 12.0 Å². The Kier molecular flexibility index (Phi) is 5.97. The third kappa shape index (κ3) is 4.21. The lowest BCUT2D eigenvalue weighted by Gasteiger charge is -2.03. The number of rotatable bonds is 5. The van der Waals surface area contributed by atoms with Gasteiger partial charge in [-0.05, 0) is 0 Å². The van der Waals surface area contributed by atoms with Gasteiger partial charge in [0, 0.05) is 13.5 Å². The second kappa shape index (κ2) is 6.42. The predicted molar refractivity (Wildman–Crippen MR) is 38.6 cm³/mol. The van der Waals surface area contributed by atoms with E-state index in [1.807, 2.05) is 0 Å². The lowest BCUT2D eigenvalue weighted by molar-refractivity contribution is 0.169. The third-order valence-electron chi connectivity index (χ3n) is 1.06. The molecule has 0 amide bonds. The molecule has 0 rings (SSSR count). The fourth-order valence-electron chi connectivity index (χ4n) is 0.543. The number of hydrogen-bond donors (Lipinski definition) is 0. The van der Waals surface area contributed by atoms with Gasteiger partial charge in [-0.2, -0.15) is 0 Å². The first kappa shape index (κ1) is 9.30. The molecule has 3 nitrogen and oxygen atoms in total. The quantitative estimate of drug-likeness (QED) is 0.545. The Hall–Kier alpha value is -0.700. The highest BCUT2D eigenvalue weighted by Gasteiger charge is 1.93. The molecule has 10 heavy (non-hydrogen) atoms. The van der Waals surface area contributed by atoms with Crippen molar-refractivity contribution in [2.24, 2.45) is 0 Å². The van der Waals surface area contributed by atoms with E-state index >= 15 is 0 Å². The molecule has 0 fully saturated rings. The van der Waals surface area contributed by atoms with Crippen LogP contribution in [-0.4, -0.2) is 27.9 Å². The molecule has 0 aliphatic carbocycles. The Bertz CT molecular complexity index is 99.0. The summed E-state index contributed by atoms with van der Waals surface area (Å²) in [5, 5.41) is 0. The minimum absolute atomic E-state index is 0.656. The molecule has 3 heteroatoms. The molecular weight excluding hydrogens is 132 g/mol. The summed E-state index contributed by atoms with van der Waals surface area (Å²) >= 11 is 0. The first-order valence-electron chi connectivity index (χ1n) is 3.10. The molecular formula is C7H14O3. The Morgan fingerprint density at radius 1 is 1.30 bits per heavy atom. The van der Waals surface area contributed by atoms with E-state index in [1.54, 1.807) is 27.6 Å². The zero-order chi connectivity index (χ0) is 7.82. The van der Waals surface area contributed by atoms with E-state index in [-0.39, 0.29) is 0 Å². The average molecular weight is 146 g/mol. The smallest absolute Gasteiger partial charge is 0.132 e. The van der Waals surface area contributed by atoms with Crippen LogP contribution in [0.25, 0.3) is 0 Å². The van der Waals surface area contributed by atoms with E-state index in [2.05, 4.69) is 0 Å². The molecule has 0 atom stereocenters. The van der Waals surface area contributed by atoms with Crippen molar-refractivity contribution in [1.29, 1.82) is 0 Å². The molecule has 0 heterocycles. The first-order chi connectivity index (χ1) is 4.85. The Labute approximate surface area is 61.6 Å². The minimum atomic E-state index is 0.656. The normalized spacial score (nSPS) is 11.3. The van der Waals surface area contributed by atoms with Crippen LogP contribution in [0.1, 0.15) is 6.42 Å². The molecule has 0 radical (unpaired) electrons. The van der Waals surface area contributed by atoms with Gasteiger partial charge in [0.2, 0.25) is 0 Å². The molecule has 0 aromatic carbocycles. The summed E-state index contributed by atoms with van der Waals surface area (Å²) in [6.07, 6.45) is 2.32. The molecule has 0 aromatic rings. The predicted octanol–water partition coefficient (Wildman–Crippen LogP) is 1.16. The van der Waals surface area contributed by atoms with E-state index in [9.17, 15) is 0 Å². The number of hydrogen-bond acceptors (Lipinski definition) is 3. The van der Waals surface area contributed by atoms with Crippen LogP contribution in [-0.2, 0) is 14.2 Å². The zero-order valence-electron chi connectivity index (χ0n) is 6.72. The summed E-state index contributed by atoms with van der Waals surface area (Å²) in [7, 11) is 4.85. The molecule has 0 spiro atoms. The zero-order valence-corrected chi connectivity index (χ0v) is 6.72. The van der Waals surface area contributed by atoms with Crippen LogP contribution in [0.2, 0.25) is 0 Å². The van der Waals surface area contributed by atoms with Crippen molar-refractivity contribution in [3.05, 3.63) is 12.0 Å². The summed E-state index contributed by atoms with van der Waals surface area (Å²) in [4.78, 5) is 0. The van der Waals surface area contributed by atoms with E-state index in [1.165, 1.54) is 0 Å². The summed E-state index contributed by atoms with van der Waals surface area (Å²) in [6, 6.07) is 0. The third-order valence-corrected chi connectivity index (χ3v) is 1.06. The van der Waals surface area contributed by atoms with Crippen molar-refractivity contribution >= 4 is 0 Å². The molecule has 0 unspecified atom stereocenters. The highest BCUT2D eigenvalue weighted by molar-refractivity contribution is 4.86. The van der Waals surface area contributed by atoms with Crippen LogP contribution < -0.4 is 0 Å². The molecule has 0 saturated carbocycles. The molecule has 0 bridgehead atoms. The van der Waals surface area contributed by atoms with Gasteiger partial charge >= 0.3 is 0 Å². The molecule has 60 valence electrons. The summed E-state index contributed by atoms with van der Waals surface area (Å²) in [5.74, 6) is 0.796. The Morgan fingerprint density at radius 2 is 2.00 bits per heavy atom. The van der Waals surface area contributed by atoms with Gasteiger partial charge in [-0.15, -0.1) is 0 Å². The lowest BCUT2D eigenvalue weighted by Crippen LogP contribution is -1.94. The van der Waals surface area contributed by atoms with E-state index in [4.69, 9.17) is 14.2 Å². The van der Waals surface area contributed by atoms with Gasteiger partial charge in [0.05, 0.1) is 20.8 Å². The van der Waals surface area contributed by atoms with E-state index in [0.717, 1.165) is 12.2 Å². The van der Waals surface area contributed by atoms with Crippen molar-refractivity contribution < 1.29 is 14.2 Å². The van der Waals surface area contributed by atoms with Crippen LogP contribution >= 0.6 is 0 Å². The van der Waals surface area contributed by atoms with E-state index < -0.39 is 0 Å². The van der Waals surface area contributed by atoms with E-state index in [0.29, 0.717) is 6.61 Å². The van der Waals surface area contributed by atoms with Crippen LogP contribution in [0.15, 0.2) is 12.0 Å². The molecule has 0 aliphatic rings. The van der Waals surface area contributed by atoms with Crippen LogP contribution in [0.5, 0.6) is 0 Å². The maximum atomic E-state index is 4.95. The topological polar surface area (TPSA) is 27.7 Å². The fraction of sp³-hybridized carbons (Fsp3) is 0.714. The average Bonchev–Trinajstić information content (AvgIpc) is 1.98. The van der Waals surface area contributed by atoms with Gasteiger partial charge in [-0.25, -0.2) is 0 Å². The van der Waals surface area contributed by atoms with Crippen molar-refractivity contribution in [3.8, 4) is 0 Å². The largest absolute Gasteiger partial charge is 0.501 e. The first-order valence-corrected chi connectivity index (χ1v) is 3.10. The van der Waals surface area contributed by atoms with Crippen molar-refractivity contribution in [1.82, 2.24) is 0 Å².